The lowest BCUT2D eigenvalue weighted by Gasteiger charge is -2.16. The van der Waals surface area contributed by atoms with Crippen LogP contribution in [0.4, 0.5) is 0 Å². The third-order valence-corrected chi connectivity index (χ3v) is 2.75. The number of carbonyl (C=O) groups excluding carboxylic acids is 2. The highest BCUT2D eigenvalue weighted by atomic mass is 16.5. The van der Waals surface area contributed by atoms with Crippen molar-refractivity contribution >= 4 is 11.9 Å². The predicted molar refractivity (Wildman–Crippen MR) is 61.2 cm³/mol. The summed E-state index contributed by atoms with van der Waals surface area (Å²) in [6, 6.07) is -0.254. The maximum absolute atomic E-state index is 11.8. The Hall–Kier alpha value is -1.14. The fourth-order valence-corrected chi connectivity index (χ4v) is 1.79. The molecular weight excluding hydrogens is 224 g/mol. The number of nitrogens with one attached hydrogen (secondary N) is 1. The molecule has 1 aliphatic rings. The van der Waals surface area contributed by atoms with Gasteiger partial charge in [-0.25, -0.2) is 0 Å². The number of ether oxygens (including phenoxy) is 2. The van der Waals surface area contributed by atoms with Crippen molar-refractivity contribution in [1.82, 2.24) is 5.32 Å². The van der Waals surface area contributed by atoms with Gasteiger partial charge in [-0.05, 0) is 19.8 Å². The first kappa shape index (κ1) is 13.9. The first-order valence-electron chi connectivity index (χ1n) is 5.79. The van der Waals surface area contributed by atoms with Crippen molar-refractivity contribution < 1.29 is 19.1 Å². The molecule has 3 atom stereocenters. The Kier molecular flexibility index (Phi) is 5.37. The Labute approximate surface area is 101 Å². The van der Waals surface area contributed by atoms with Crippen molar-refractivity contribution in [3.8, 4) is 0 Å². The van der Waals surface area contributed by atoms with Gasteiger partial charge in [-0.3, -0.25) is 9.59 Å². The van der Waals surface area contributed by atoms with Crippen LogP contribution in [0, 0.1) is 0 Å². The minimum absolute atomic E-state index is 0.0262. The minimum atomic E-state index is -0.441. The van der Waals surface area contributed by atoms with Gasteiger partial charge in [0.15, 0.2) is 0 Å². The largest absolute Gasteiger partial charge is 0.469 e. The van der Waals surface area contributed by atoms with Gasteiger partial charge >= 0.3 is 5.97 Å². The molecule has 6 nitrogen and oxygen atoms in total. The van der Waals surface area contributed by atoms with Crippen LogP contribution in [-0.4, -0.2) is 43.8 Å². The Morgan fingerprint density at radius 2 is 2.24 bits per heavy atom. The van der Waals surface area contributed by atoms with Crippen LogP contribution in [0.25, 0.3) is 0 Å². The number of hydrogen-bond acceptors (Lipinski definition) is 5. The molecule has 98 valence electrons. The Morgan fingerprint density at radius 1 is 1.53 bits per heavy atom. The maximum Gasteiger partial charge on any atom is 0.307 e. The van der Waals surface area contributed by atoms with Crippen molar-refractivity contribution in [2.45, 2.75) is 44.4 Å². The average molecular weight is 244 g/mol. The molecule has 1 aliphatic heterocycles. The molecular formula is C11H20N2O4. The van der Waals surface area contributed by atoms with Crippen LogP contribution in [0.3, 0.4) is 0 Å². The van der Waals surface area contributed by atoms with Gasteiger partial charge in [-0.2, -0.15) is 0 Å². The summed E-state index contributed by atoms with van der Waals surface area (Å²) in [5.74, 6) is -0.526. The molecule has 6 heteroatoms. The summed E-state index contributed by atoms with van der Waals surface area (Å²) >= 11 is 0. The second-order valence-corrected chi connectivity index (χ2v) is 4.25. The van der Waals surface area contributed by atoms with E-state index in [-0.39, 0.29) is 30.4 Å². The quantitative estimate of drug-likeness (QED) is 0.640. The van der Waals surface area contributed by atoms with Gasteiger partial charge in [-0.1, -0.05) is 0 Å². The van der Waals surface area contributed by atoms with E-state index < -0.39 is 6.10 Å². The van der Waals surface area contributed by atoms with Gasteiger partial charge < -0.3 is 20.5 Å². The number of esters is 1. The van der Waals surface area contributed by atoms with Gasteiger partial charge in [0.1, 0.15) is 6.10 Å². The maximum atomic E-state index is 11.8. The number of hydrogen-bond donors (Lipinski definition) is 2. The van der Waals surface area contributed by atoms with Gasteiger partial charge in [0.2, 0.25) is 5.91 Å². The Morgan fingerprint density at radius 3 is 2.76 bits per heavy atom. The number of rotatable bonds is 5. The van der Waals surface area contributed by atoms with Crippen LogP contribution in [0.2, 0.25) is 0 Å². The van der Waals surface area contributed by atoms with Crippen LogP contribution in [-0.2, 0) is 19.1 Å². The molecule has 1 rings (SSSR count). The Balaban J connectivity index is 2.31. The smallest absolute Gasteiger partial charge is 0.307 e. The summed E-state index contributed by atoms with van der Waals surface area (Å²) in [6.45, 7) is 2.19. The van der Waals surface area contributed by atoms with E-state index >= 15 is 0 Å². The number of amides is 1. The molecule has 3 N–H and O–H groups in total. The summed E-state index contributed by atoms with van der Waals surface area (Å²) in [5.41, 5.74) is 5.46. The van der Waals surface area contributed by atoms with E-state index in [1.807, 2.05) is 0 Å². The molecule has 1 heterocycles. The van der Waals surface area contributed by atoms with Crippen LogP contribution < -0.4 is 11.1 Å². The zero-order valence-corrected chi connectivity index (χ0v) is 10.3. The molecule has 17 heavy (non-hydrogen) atoms. The summed E-state index contributed by atoms with van der Waals surface area (Å²) < 4.78 is 9.98. The average Bonchev–Trinajstić information content (AvgIpc) is 2.77. The van der Waals surface area contributed by atoms with Crippen molar-refractivity contribution in [3.63, 3.8) is 0 Å². The fraction of sp³-hybridized carbons (Fsp3) is 0.818. The molecule has 1 amide bonds. The third-order valence-electron chi connectivity index (χ3n) is 2.75. The van der Waals surface area contributed by atoms with E-state index in [2.05, 4.69) is 10.1 Å². The monoisotopic (exact) mass is 244 g/mol. The summed E-state index contributed by atoms with van der Waals surface area (Å²) in [5, 5.41) is 2.73. The molecule has 0 radical (unpaired) electrons. The van der Waals surface area contributed by atoms with Crippen LogP contribution in [0.15, 0.2) is 0 Å². The van der Waals surface area contributed by atoms with Gasteiger partial charge in [-0.15, -0.1) is 0 Å². The van der Waals surface area contributed by atoms with Crippen molar-refractivity contribution in [3.05, 3.63) is 0 Å². The molecule has 0 spiro atoms. The Bertz CT molecular complexity index is 283. The van der Waals surface area contributed by atoms with Crippen molar-refractivity contribution in [2.75, 3.05) is 13.7 Å². The highest BCUT2D eigenvalue weighted by molar-refractivity contribution is 5.82. The summed E-state index contributed by atoms with van der Waals surface area (Å²) in [6.07, 6.45) is 1.18. The number of carbonyl (C=O) groups is 2. The molecule has 0 saturated carbocycles. The molecule has 1 saturated heterocycles. The fourth-order valence-electron chi connectivity index (χ4n) is 1.79. The van der Waals surface area contributed by atoms with Gasteiger partial charge in [0.05, 0.1) is 19.6 Å². The lowest BCUT2D eigenvalue weighted by molar-refractivity contribution is -0.141. The normalized spacial score (nSPS) is 25.4. The summed E-state index contributed by atoms with van der Waals surface area (Å²) in [7, 11) is 1.32. The third kappa shape index (κ3) is 4.32. The van der Waals surface area contributed by atoms with Crippen molar-refractivity contribution in [2.24, 2.45) is 5.73 Å². The van der Waals surface area contributed by atoms with Crippen LogP contribution in [0.1, 0.15) is 26.2 Å². The molecule has 0 aliphatic carbocycles. The minimum Gasteiger partial charge on any atom is -0.469 e. The SMILES string of the molecule is COC(=O)CC(C)NC(=O)[C@@H]1CC[C@H](CN)O1. The van der Waals surface area contributed by atoms with Gasteiger partial charge in [0, 0.05) is 12.6 Å². The second-order valence-electron chi connectivity index (χ2n) is 4.25. The molecule has 0 bridgehead atoms. The zero-order chi connectivity index (χ0) is 12.8. The first-order chi connectivity index (χ1) is 8.06. The van der Waals surface area contributed by atoms with E-state index in [1.54, 1.807) is 6.92 Å². The molecule has 0 aromatic carbocycles. The molecule has 1 unspecified atom stereocenters. The lowest BCUT2D eigenvalue weighted by Crippen LogP contribution is -2.41. The topological polar surface area (TPSA) is 90.7 Å². The van der Waals surface area contributed by atoms with E-state index in [1.165, 1.54) is 7.11 Å². The number of methoxy groups -OCH3 is 1. The molecule has 1 fully saturated rings. The zero-order valence-electron chi connectivity index (χ0n) is 10.3. The van der Waals surface area contributed by atoms with E-state index in [0.717, 1.165) is 6.42 Å². The second kappa shape index (κ2) is 6.56. The molecule has 0 aromatic rings. The van der Waals surface area contributed by atoms with Crippen LogP contribution in [0.5, 0.6) is 0 Å². The number of nitrogens with two attached hydrogens (primary N) is 1. The van der Waals surface area contributed by atoms with Gasteiger partial charge in [0.25, 0.3) is 0 Å². The lowest BCUT2D eigenvalue weighted by atomic mass is 10.1. The van der Waals surface area contributed by atoms with Crippen molar-refractivity contribution in [1.29, 1.82) is 0 Å². The van der Waals surface area contributed by atoms with Crippen LogP contribution >= 0.6 is 0 Å². The standard InChI is InChI=1S/C11H20N2O4/c1-7(5-10(14)16-2)13-11(15)9-4-3-8(6-12)17-9/h7-9H,3-6,12H2,1-2H3,(H,13,15)/t7?,8-,9+/m1/s1. The molecule has 0 aromatic heterocycles. The summed E-state index contributed by atoms with van der Waals surface area (Å²) in [4.78, 5) is 22.8. The predicted octanol–water partition coefficient (Wildman–Crippen LogP) is -0.439. The van der Waals surface area contributed by atoms with E-state index in [0.29, 0.717) is 13.0 Å². The van der Waals surface area contributed by atoms with E-state index in [4.69, 9.17) is 10.5 Å². The highest BCUT2D eigenvalue weighted by Crippen LogP contribution is 2.19. The van der Waals surface area contributed by atoms with E-state index in [9.17, 15) is 9.59 Å². The first-order valence-corrected chi connectivity index (χ1v) is 5.79. The highest BCUT2D eigenvalue weighted by Gasteiger charge is 2.30.